The molecule has 174 valence electrons. The molecule has 0 bridgehead atoms. The summed E-state index contributed by atoms with van der Waals surface area (Å²) in [6, 6.07) is 18.9. The summed E-state index contributed by atoms with van der Waals surface area (Å²) in [5.74, 6) is -0.843. The molecule has 3 aromatic rings. The van der Waals surface area contributed by atoms with Crippen LogP contribution in [0.3, 0.4) is 0 Å². The topological polar surface area (TPSA) is 79.0 Å². The third-order valence-electron chi connectivity index (χ3n) is 6.64. The summed E-state index contributed by atoms with van der Waals surface area (Å²) in [6.07, 6.45) is 7.08. The third kappa shape index (κ3) is 4.20. The lowest BCUT2D eigenvalue weighted by Gasteiger charge is -2.32. The van der Waals surface area contributed by atoms with Crippen LogP contribution in [0.15, 0.2) is 77.5 Å². The highest BCUT2D eigenvalue weighted by Gasteiger charge is 2.40. The molecule has 0 N–H and O–H groups in total. The van der Waals surface area contributed by atoms with E-state index in [4.69, 9.17) is 16.7 Å². The fourth-order valence-corrected chi connectivity index (χ4v) is 4.91. The molecule has 1 aliphatic carbocycles. The smallest absolute Gasteiger partial charge is 0.271 e. The molecule has 0 spiro atoms. The van der Waals surface area contributed by atoms with E-state index in [0.29, 0.717) is 27.4 Å². The molecule has 2 amide bonds. The van der Waals surface area contributed by atoms with Gasteiger partial charge in [0.1, 0.15) is 11.6 Å². The predicted molar refractivity (Wildman–Crippen MR) is 134 cm³/mol. The van der Waals surface area contributed by atoms with Crippen molar-refractivity contribution in [1.82, 2.24) is 14.7 Å². The molecule has 2 aromatic carbocycles. The fourth-order valence-electron chi connectivity index (χ4n) is 4.79. The Labute approximate surface area is 208 Å². The van der Waals surface area contributed by atoms with E-state index in [2.05, 4.69) is 0 Å². The highest BCUT2D eigenvalue weighted by atomic mass is 35.5. The van der Waals surface area contributed by atoms with E-state index in [1.807, 2.05) is 54.7 Å². The first kappa shape index (κ1) is 22.8. The van der Waals surface area contributed by atoms with Gasteiger partial charge in [0.25, 0.3) is 11.8 Å². The zero-order valence-electron chi connectivity index (χ0n) is 19.2. The quantitative estimate of drug-likeness (QED) is 0.351. The summed E-state index contributed by atoms with van der Waals surface area (Å²) in [5.41, 5.74) is 3.84. The third-order valence-corrected chi connectivity index (χ3v) is 6.90. The van der Waals surface area contributed by atoms with E-state index in [1.54, 1.807) is 29.8 Å². The van der Waals surface area contributed by atoms with Crippen molar-refractivity contribution in [2.24, 2.45) is 0 Å². The van der Waals surface area contributed by atoms with Crippen LogP contribution in [0.4, 0.5) is 0 Å². The van der Waals surface area contributed by atoms with Crippen molar-refractivity contribution in [2.75, 3.05) is 0 Å². The Morgan fingerprint density at radius 3 is 2.37 bits per heavy atom. The van der Waals surface area contributed by atoms with Crippen molar-refractivity contribution in [3.8, 4) is 23.0 Å². The van der Waals surface area contributed by atoms with E-state index in [-0.39, 0.29) is 17.5 Å². The molecule has 1 aliphatic heterocycles. The van der Waals surface area contributed by atoms with Gasteiger partial charge < -0.3 is 0 Å². The van der Waals surface area contributed by atoms with Gasteiger partial charge in [0.15, 0.2) is 0 Å². The van der Waals surface area contributed by atoms with Crippen LogP contribution in [0.5, 0.6) is 0 Å². The van der Waals surface area contributed by atoms with E-state index in [9.17, 15) is 14.9 Å². The number of imide groups is 1. The minimum absolute atomic E-state index is 0.0197. The van der Waals surface area contributed by atoms with Crippen LogP contribution in [0, 0.1) is 11.3 Å². The summed E-state index contributed by atoms with van der Waals surface area (Å²) in [5, 5.41) is 15.2. The first-order valence-corrected chi connectivity index (χ1v) is 12.0. The van der Waals surface area contributed by atoms with Crippen molar-refractivity contribution < 1.29 is 9.59 Å². The Balaban J connectivity index is 1.68. The number of nitrogens with zero attached hydrogens (tertiary/aromatic N) is 4. The highest BCUT2D eigenvalue weighted by molar-refractivity contribution is 6.30. The molecule has 1 fully saturated rings. The van der Waals surface area contributed by atoms with Crippen molar-refractivity contribution in [3.63, 3.8) is 0 Å². The number of amides is 2. The summed E-state index contributed by atoms with van der Waals surface area (Å²) in [6.45, 7) is 1.66. The minimum Gasteiger partial charge on any atom is -0.271 e. The van der Waals surface area contributed by atoms with Gasteiger partial charge in [0.2, 0.25) is 0 Å². The van der Waals surface area contributed by atoms with E-state index in [0.717, 1.165) is 36.9 Å². The molecule has 2 aliphatic rings. The standard InChI is InChI=1S/C28H23ClN4O2/c1-18-24(27(34)33(23-9-5-6-10-23)28(35)25(18)16-30)15-20-17-32(22-7-3-2-4-8-22)31-26(20)19-11-13-21(29)14-12-19/h2-4,7-8,11-15,17,23H,5-6,9-10H2,1H3/b24-15+. The lowest BCUT2D eigenvalue weighted by atomic mass is 9.92. The molecule has 35 heavy (non-hydrogen) atoms. The normalized spacial score (nSPS) is 18.0. The molecule has 7 heteroatoms. The number of hydrogen-bond acceptors (Lipinski definition) is 4. The molecular formula is C28H23ClN4O2. The SMILES string of the molecule is CC1=C(C#N)C(=O)N(C2CCCC2)C(=O)/C1=C/c1cn(-c2ccccc2)nc1-c1ccc(Cl)cc1. The first-order chi connectivity index (χ1) is 17.0. The summed E-state index contributed by atoms with van der Waals surface area (Å²) < 4.78 is 1.76. The fraction of sp³-hybridized carbons (Fsp3) is 0.214. The van der Waals surface area contributed by atoms with Gasteiger partial charge in [-0.25, -0.2) is 4.68 Å². The van der Waals surface area contributed by atoms with E-state index in [1.165, 1.54) is 4.90 Å². The van der Waals surface area contributed by atoms with Gasteiger partial charge >= 0.3 is 0 Å². The molecule has 0 unspecified atom stereocenters. The summed E-state index contributed by atoms with van der Waals surface area (Å²) in [7, 11) is 0. The highest BCUT2D eigenvalue weighted by Crippen LogP contribution is 2.35. The summed E-state index contributed by atoms with van der Waals surface area (Å²) in [4.78, 5) is 28.0. The Bertz CT molecular complexity index is 1410. The van der Waals surface area contributed by atoms with Crippen LogP contribution in [0.25, 0.3) is 23.0 Å². The first-order valence-electron chi connectivity index (χ1n) is 11.6. The number of benzene rings is 2. The number of carbonyl (C=O) groups excluding carboxylic acids is 2. The van der Waals surface area contributed by atoms with E-state index >= 15 is 0 Å². The predicted octanol–water partition coefficient (Wildman–Crippen LogP) is 5.73. The van der Waals surface area contributed by atoms with Gasteiger partial charge in [-0.3, -0.25) is 14.5 Å². The average Bonchev–Trinajstić information content (AvgIpc) is 3.54. The molecule has 6 nitrogen and oxygen atoms in total. The monoisotopic (exact) mass is 482 g/mol. The second-order valence-corrected chi connectivity index (χ2v) is 9.24. The Kier molecular flexibility index (Phi) is 6.10. The second-order valence-electron chi connectivity index (χ2n) is 8.81. The zero-order valence-corrected chi connectivity index (χ0v) is 20.0. The Hall–Kier alpha value is -3.95. The van der Waals surface area contributed by atoms with Gasteiger partial charge in [-0.1, -0.05) is 54.8 Å². The molecule has 1 aromatic heterocycles. The minimum atomic E-state index is -0.489. The van der Waals surface area contributed by atoms with Crippen LogP contribution >= 0.6 is 11.6 Å². The number of para-hydroxylation sites is 1. The van der Waals surface area contributed by atoms with E-state index < -0.39 is 5.91 Å². The van der Waals surface area contributed by atoms with Gasteiger partial charge in [-0.2, -0.15) is 10.4 Å². The molecule has 2 heterocycles. The summed E-state index contributed by atoms with van der Waals surface area (Å²) >= 11 is 6.10. The van der Waals surface area contributed by atoms with Crippen LogP contribution in [0.2, 0.25) is 5.02 Å². The maximum absolute atomic E-state index is 13.6. The van der Waals surface area contributed by atoms with Crippen molar-refractivity contribution in [3.05, 3.63) is 88.1 Å². The molecular weight excluding hydrogens is 460 g/mol. The lowest BCUT2D eigenvalue weighted by Crippen LogP contribution is -2.47. The Morgan fingerprint density at radius 1 is 1.03 bits per heavy atom. The number of aromatic nitrogens is 2. The van der Waals surface area contributed by atoms with Crippen LogP contribution < -0.4 is 0 Å². The van der Waals surface area contributed by atoms with Gasteiger partial charge in [0, 0.05) is 34.0 Å². The number of nitriles is 1. The molecule has 0 atom stereocenters. The largest absolute Gasteiger partial charge is 0.271 e. The maximum Gasteiger partial charge on any atom is 0.271 e. The van der Waals surface area contributed by atoms with Crippen molar-refractivity contribution >= 4 is 29.5 Å². The van der Waals surface area contributed by atoms with Gasteiger partial charge in [-0.05, 0) is 55.7 Å². The molecule has 0 radical (unpaired) electrons. The lowest BCUT2D eigenvalue weighted by molar-refractivity contribution is -0.143. The number of halogens is 1. The zero-order chi connectivity index (χ0) is 24.5. The average molecular weight is 483 g/mol. The van der Waals surface area contributed by atoms with Crippen LogP contribution in [-0.4, -0.2) is 32.5 Å². The number of carbonyl (C=O) groups is 2. The van der Waals surface area contributed by atoms with Crippen LogP contribution in [0.1, 0.15) is 38.2 Å². The Morgan fingerprint density at radius 2 is 1.71 bits per heavy atom. The second kappa shape index (κ2) is 9.36. The number of hydrogen-bond donors (Lipinski definition) is 0. The van der Waals surface area contributed by atoms with Gasteiger partial charge in [-0.15, -0.1) is 0 Å². The van der Waals surface area contributed by atoms with Crippen LogP contribution in [-0.2, 0) is 9.59 Å². The molecule has 5 rings (SSSR count). The van der Waals surface area contributed by atoms with Crippen molar-refractivity contribution in [1.29, 1.82) is 5.26 Å². The van der Waals surface area contributed by atoms with Crippen molar-refractivity contribution in [2.45, 2.75) is 38.6 Å². The number of rotatable bonds is 4. The maximum atomic E-state index is 13.6. The molecule has 0 saturated heterocycles. The molecule has 1 saturated carbocycles. The van der Waals surface area contributed by atoms with Gasteiger partial charge in [0.05, 0.1) is 11.4 Å².